The molecule has 0 saturated carbocycles. The van der Waals surface area contributed by atoms with Crippen LogP contribution in [0.4, 0.5) is 0 Å². The molecule has 3 rings (SSSR count). The van der Waals surface area contributed by atoms with Gasteiger partial charge in [-0.05, 0) is 40.5 Å². The third-order valence-electron chi connectivity index (χ3n) is 3.03. The molecule has 0 aliphatic carbocycles. The highest BCUT2D eigenvalue weighted by atomic mass is 35.5. The highest BCUT2D eigenvalue weighted by molar-refractivity contribution is 7.11. The first-order valence-corrected chi connectivity index (χ1v) is 7.46. The highest BCUT2D eigenvalue weighted by Crippen LogP contribution is 2.28. The van der Waals surface area contributed by atoms with Crippen LogP contribution < -0.4 is 10.4 Å². The smallest absolute Gasteiger partial charge is 0.369 e. The van der Waals surface area contributed by atoms with E-state index < -0.39 is 5.69 Å². The van der Waals surface area contributed by atoms with Crippen LogP contribution in [0.3, 0.4) is 0 Å². The van der Waals surface area contributed by atoms with Crippen molar-refractivity contribution in [3.63, 3.8) is 0 Å². The van der Waals surface area contributed by atoms with Crippen LogP contribution in [0, 0.1) is 6.92 Å². The molecule has 3 aromatic rings. The van der Waals surface area contributed by atoms with Crippen LogP contribution in [0.25, 0.3) is 5.82 Å². The van der Waals surface area contributed by atoms with Gasteiger partial charge in [0.1, 0.15) is 16.7 Å². The molecule has 0 saturated heterocycles. The topological polar surface area (TPSA) is 74.8 Å². The summed E-state index contributed by atoms with van der Waals surface area (Å²) >= 11 is 7.22. The SMILES string of the molecule is [3H]c1ccc(OCc2c(-n3nnn(C)c3=O)nsc2Cl)c(C)c1. The third kappa shape index (κ3) is 2.62. The lowest BCUT2D eigenvalue weighted by atomic mass is 10.2. The minimum absolute atomic E-state index is 0.131. The molecular formula is C13H12ClN5O2S. The molecule has 0 radical (unpaired) electrons. The third-order valence-corrected chi connectivity index (χ3v) is 4.14. The molecule has 114 valence electrons. The summed E-state index contributed by atoms with van der Waals surface area (Å²) in [6, 6.07) is 5.48. The van der Waals surface area contributed by atoms with Crippen molar-refractivity contribution in [3.05, 3.63) is 50.2 Å². The second kappa shape index (κ2) is 5.90. The molecular weight excluding hydrogens is 326 g/mol. The van der Waals surface area contributed by atoms with Gasteiger partial charge >= 0.3 is 5.69 Å². The lowest BCUT2D eigenvalue weighted by Crippen LogP contribution is -2.23. The Morgan fingerprint density at radius 2 is 2.27 bits per heavy atom. The standard InChI is InChI=1S/C13H12ClN5O2S/c1-8-5-3-4-6-10(8)21-7-9-11(14)22-15-12(9)19-13(20)18(2)16-17-19/h3-6H,7H2,1-2H3/i3T. The molecule has 0 unspecified atom stereocenters. The summed E-state index contributed by atoms with van der Waals surface area (Å²) in [6.45, 7) is 1.99. The molecule has 2 aromatic heterocycles. The van der Waals surface area contributed by atoms with E-state index in [1.54, 1.807) is 18.2 Å². The summed E-state index contributed by atoms with van der Waals surface area (Å²) in [5.41, 5.74) is 0.992. The number of aryl methyl sites for hydroxylation is 2. The Morgan fingerprint density at radius 1 is 1.45 bits per heavy atom. The molecule has 0 fully saturated rings. The van der Waals surface area contributed by atoms with Gasteiger partial charge in [-0.1, -0.05) is 29.8 Å². The molecule has 0 spiro atoms. The van der Waals surface area contributed by atoms with E-state index >= 15 is 0 Å². The van der Waals surface area contributed by atoms with Crippen LogP contribution in [-0.4, -0.2) is 24.2 Å². The van der Waals surface area contributed by atoms with Crippen LogP contribution in [0.2, 0.25) is 4.34 Å². The van der Waals surface area contributed by atoms with Gasteiger partial charge in [-0.25, -0.2) is 4.79 Å². The van der Waals surface area contributed by atoms with E-state index in [-0.39, 0.29) is 6.61 Å². The number of tetrazole rings is 1. The van der Waals surface area contributed by atoms with Gasteiger partial charge in [-0.3, -0.25) is 0 Å². The van der Waals surface area contributed by atoms with Gasteiger partial charge in [0.2, 0.25) is 0 Å². The molecule has 0 N–H and O–H groups in total. The number of aromatic nitrogens is 5. The molecule has 0 aliphatic rings. The summed E-state index contributed by atoms with van der Waals surface area (Å²) in [7, 11) is 1.50. The van der Waals surface area contributed by atoms with Crippen molar-refractivity contribution in [1.82, 2.24) is 24.2 Å². The first-order chi connectivity index (χ1) is 11.0. The first-order valence-electron chi connectivity index (χ1n) is 6.81. The Bertz CT molecular complexity index is 919. The zero-order valence-electron chi connectivity index (χ0n) is 12.8. The maximum atomic E-state index is 12.0. The van der Waals surface area contributed by atoms with Crippen LogP contribution >= 0.6 is 23.1 Å². The Balaban J connectivity index is 1.90. The molecule has 0 bridgehead atoms. The average Bonchev–Trinajstić information content (AvgIpc) is 3.02. The average molecular weight is 340 g/mol. The number of nitrogens with zero attached hydrogens (tertiary/aromatic N) is 5. The van der Waals surface area contributed by atoms with Gasteiger partial charge in [0.25, 0.3) is 0 Å². The number of hydrogen-bond donors (Lipinski definition) is 0. The zero-order valence-corrected chi connectivity index (χ0v) is 13.4. The maximum Gasteiger partial charge on any atom is 0.369 e. The Labute approximate surface area is 136 Å². The fraction of sp³-hybridized carbons (Fsp3) is 0.231. The van der Waals surface area contributed by atoms with E-state index in [1.807, 2.05) is 6.92 Å². The Morgan fingerprint density at radius 3 is 2.95 bits per heavy atom. The quantitative estimate of drug-likeness (QED) is 0.726. The van der Waals surface area contributed by atoms with Crippen molar-refractivity contribution in [2.45, 2.75) is 13.5 Å². The summed E-state index contributed by atoms with van der Waals surface area (Å²) < 4.78 is 20.1. The molecule has 7 nitrogen and oxygen atoms in total. The Kier molecular flexibility index (Phi) is 3.61. The van der Waals surface area contributed by atoms with Crippen LogP contribution in [0.5, 0.6) is 5.75 Å². The van der Waals surface area contributed by atoms with Gasteiger partial charge in [0, 0.05) is 7.05 Å². The number of hydrogen-bond acceptors (Lipinski definition) is 6. The summed E-state index contributed by atoms with van der Waals surface area (Å²) in [5, 5.41) is 7.43. The van der Waals surface area contributed by atoms with Crippen molar-refractivity contribution in [3.8, 4) is 11.6 Å². The van der Waals surface area contributed by atoms with Gasteiger partial charge in [0.05, 0.1) is 6.93 Å². The fourth-order valence-corrected chi connectivity index (χ4v) is 2.68. The first kappa shape index (κ1) is 13.5. The summed E-state index contributed by atoms with van der Waals surface area (Å²) in [5.74, 6) is 0.952. The maximum absolute atomic E-state index is 12.0. The monoisotopic (exact) mass is 339 g/mol. The van der Waals surface area contributed by atoms with Gasteiger partial charge in [-0.2, -0.15) is 9.06 Å². The lowest BCUT2D eigenvalue weighted by Gasteiger charge is -2.08. The van der Waals surface area contributed by atoms with Crippen molar-refractivity contribution in [1.29, 1.82) is 0 Å². The van der Waals surface area contributed by atoms with Crippen LogP contribution in [0.1, 0.15) is 12.5 Å². The molecule has 0 amide bonds. The van der Waals surface area contributed by atoms with E-state index in [1.165, 1.54) is 7.05 Å². The molecule has 9 heteroatoms. The van der Waals surface area contributed by atoms with Crippen molar-refractivity contribution in [2.75, 3.05) is 0 Å². The molecule has 0 atom stereocenters. The minimum atomic E-state index is -0.414. The van der Waals surface area contributed by atoms with E-state index in [0.29, 0.717) is 27.5 Å². The number of rotatable bonds is 4. The van der Waals surface area contributed by atoms with Gasteiger partial charge < -0.3 is 4.74 Å². The number of ether oxygens (including phenoxy) is 1. The normalized spacial score (nSPS) is 11.5. The number of benzene rings is 1. The predicted molar refractivity (Wildman–Crippen MR) is 82.8 cm³/mol. The van der Waals surface area contributed by atoms with E-state index in [0.717, 1.165) is 26.5 Å². The van der Waals surface area contributed by atoms with Crippen LogP contribution in [-0.2, 0) is 13.7 Å². The van der Waals surface area contributed by atoms with Crippen molar-refractivity contribution in [2.24, 2.45) is 7.05 Å². The van der Waals surface area contributed by atoms with E-state index in [4.69, 9.17) is 17.7 Å². The summed E-state index contributed by atoms with van der Waals surface area (Å²) in [6.07, 6.45) is 0. The van der Waals surface area contributed by atoms with E-state index in [9.17, 15) is 4.79 Å². The van der Waals surface area contributed by atoms with E-state index in [2.05, 4.69) is 14.8 Å². The molecule has 1 aromatic carbocycles. The number of halogens is 1. The Hall–Kier alpha value is -2.19. The minimum Gasteiger partial charge on any atom is -0.488 e. The second-order valence-electron chi connectivity index (χ2n) is 4.54. The zero-order chi connectivity index (χ0) is 16.6. The largest absolute Gasteiger partial charge is 0.488 e. The second-order valence-corrected chi connectivity index (χ2v) is 5.91. The van der Waals surface area contributed by atoms with Crippen molar-refractivity contribution < 1.29 is 6.11 Å². The van der Waals surface area contributed by atoms with Gasteiger partial charge in [0.15, 0.2) is 5.82 Å². The predicted octanol–water partition coefficient (Wildman–Crippen LogP) is 1.96. The van der Waals surface area contributed by atoms with Gasteiger partial charge in [-0.15, -0.1) is 4.68 Å². The molecule has 0 aliphatic heterocycles. The van der Waals surface area contributed by atoms with Crippen molar-refractivity contribution >= 4 is 23.1 Å². The number of para-hydroxylation sites is 1. The fourth-order valence-electron chi connectivity index (χ4n) is 1.83. The highest BCUT2D eigenvalue weighted by Gasteiger charge is 2.19. The van der Waals surface area contributed by atoms with Crippen LogP contribution in [0.15, 0.2) is 29.0 Å². The molecule has 2 heterocycles. The summed E-state index contributed by atoms with van der Waals surface area (Å²) in [4.78, 5) is 12.0. The molecule has 22 heavy (non-hydrogen) atoms. The lowest BCUT2D eigenvalue weighted by molar-refractivity contribution is 0.303.